The molecule has 0 aromatic carbocycles. The summed E-state index contributed by atoms with van der Waals surface area (Å²) in [4.78, 5) is 0. The highest BCUT2D eigenvalue weighted by molar-refractivity contribution is 4.60. The van der Waals surface area contributed by atoms with Crippen LogP contribution in [0.3, 0.4) is 0 Å². The Morgan fingerprint density at radius 1 is 1.17 bits per heavy atom. The van der Waals surface area contributed by atoms with Crippen LogP contribution in [0.5, 0.6) is 0 Å². The molecule has 0 saturated heterocycles. The molecule has 0 spiro atoms. The summed E-state index contributed by atoms with van der Waals surface area (Å²) >= 11 is 0. The molecule has 0 aliphatic rings. The van der Waals surface area contributed by atoms with Crippen molar-refractivity contribution in [1.82, 2.24) is 5.32 Å². The minimum Gasteiger partial charge on any atom is -0.330 e. The fourth-order valence-corrected chi connectivity index (χ4v) is 1.21. The second kappa shape index (κ2) is 7.56. The van der Waals surface area contributed by atoms with E-state index >= 15 is 0 Å². The first-order valence-corrected chi connectivity index (χ1v) is 5.10. The SMILES string of the molecule is CC(C)CCCNC(C)CCN. The standard InChI is InChI=1S/C10H24N2/c1-9(2)5-4-8-12-10(3)6-7-11/h9-10,12H,4-8,11H2,1-3H3. The first-order chi connectivity index (χ1) is 5.66. The predicted octanol–water partition coefficient (Wildman–Crippen LogP) is 1.75. The Balaban J connectivity index is 3.08. The van der Waals surface area contributed by atoms with Crippen molar-refractivity contribution in [1.29, 1.82) is 0 Å². The van der Waals surface area contributed by atoms with Gasteiger partial charge in [-0.1, -0.05) is 13.8 Å². The quantitative estimate of drug-likeness (QED) is 0.574. The summed E-state index contributed by atoms with van der Waals surface area (Å²) < 4.78 is 0. The Labute approximate surface area is 76.9 Å². The Hall–Kier alpha value is -0.0800. The molecular weight excluding hydrogens is 148 g/mol. The highest BCUT2D eigenvalue weighted by atomic mass is 14.9. The average Bonchev–Trinajstić information content (AvgIpc) is 1.98. The molecule has 2 nitrogen and oxygen atoms in total. The lowest BCUT2D eigenvalue weighted by Crippen LogP contribution is -2.29. The summed E-state index contributed by atoms with van der Waals surface area (Å²) in [5, 5.41) is 3.46. The monoisotopic (exact) mass is 172 g/mol. The van der Waals surface area contributed by atoms with E-state index in [9.17, 15) is 0 Å². The summed E-state index contributed by atoms with van der Waals surface area (Å²) in [6, 6.07) is 0.585. The normalized spacial score (nSPS) is 13.8. The van der Waals surface area contributed by atoms with Gasteiger partial charge in [0.1, 0.15) is 0 Å². The molecule has 1 atom stereocenters. The van der Waals surface area contributed by atoms with E-state index in [-0.39, 0.29) is 0 Å². The van der Waals surface area contributed by atoms with Crippen LogP contribution in [-0.4, -0.2) is 19.1 Å². The number of nitrogens with two attached hydrogens (primary N) is 1. The highest BCUT2D eigenvalue weighted by Gasteiger charge is 1.98. The largest absolute Gasteiger partial charge is 0.330 e. The lowest BCUT2D eigenvalue weighted by Gasteiger charge is -2.12. The van der Waals surface area contributed by atoms with Crippen molar-refractivity contribution >= 4 is 0 Å². The van der Waals surface area contributed by atoms with Gasteiger partial charge in [0.15, 0.2) is 0 Å². The highest BCUT2D eigenvalue weighted by Crippen LogP contribution is 2.02. The zero-order valence-corrected chi connectivity index (χ0v) is 8.77. The van der Waals surface area contributed by atoms with Crippen molar-refractivity contribution in [2.75, 3.05) is 13.1 Å². The first-order valence-electron chi connectivity index (χ1n) is 5.10. The lowest BCUT2D eigenvalue weighted by atomic mass is 10.1. The van der Waals surface area contributed by atoms with Crippen LogP contribution in [0.4, 0.5) is 0 Å². The molecule has 0 aliphatic carbocycles. The molecule has 0 saturated carbocycles. The summed E-state index contributed by atoms with van der Waals surface area (Å²) in [6.07, 6.45) is 3.69. The minimum atomic E-state index is 0.585. The molecule has 0 radical (unpaired) electrons. The topological polar surface area (TPSA) is 38.0 Å². The molecule has 3 N–H and O–H groups in total. The summed E-state index contributed by atoms with van der Waals surface area (Å²) in [5.41, 5.74) is 5.44. The van der Waals surface area contributed by atoms with Crippen molar-refractivity contribution in [3.63, 3.8) is 0 Å². The van der Waals surface area contributed by atoms with Crippen LogP contribution in [0.25, 0.3) is 0 Å². The van der Waals surface area contributed by atoms with Crippen LogP contribution in [0.15, 0.2) is 0 Å². The third kappa shape index (κ3) is 8.02. The van der Waals surface area contributed by atoms with Gasteiger partial charge in [0.25, 0.3) is 0 Å². The number of rotatable bonds is 7. The van der Waals surface area contributed by atoms with Crippen LogP contribution in [0.1, 0.15) is 40.0 Å². The van der Waals surface area contributed by atoms with E-state index in [0.29, 0.717) is 6.04 Å². The van der Waals surface area contributed by atoms with Gasteiger partial charge in [-0.25, -0.2) is 0 Å². The van der Waals surface area contributed by atoms with Crippen LogP contribution in [-0.2, 0) is 0 Å². The Bertz CT molecular complexity index is 91.8. The van der Waals surface area contributed by atoms with Crippen molar-refractivity contribution < 1.29 is 0 Å². The maximum absolute atomic E-state index is 5.44. The number of hydrogen-bond donors (Lipinski definition) is 2. The summed E-state index contributed by atoms with van der Waals surface area (Å²) in [6.45, 7) is 8.66. The molecule has 12 heavy (non-hydrogen) atoms. The van der Waals surface area contributed by atoms with E-state index in [1.165, 1.54) is 12.8 Å². The predicted molar refractivity (Wildman–Crippen MR) is 55.2 cm³/mol. The third-order valence-electron chi connectivity index (χ3n) is 2.05. The summed E-state index contributed by atoms with van der Waals surface area (Å²) in [7, 11) is 0. The summed E-state index contributed by atoms with van der Waals surface area (Å²) in [5.74, 6) is 0.830. The first kappa shape index (κ1) is 11.9. The van der Waals surface area contributed by atoms with E-state index in [0.717, 1.165) is 25.4 Å². The van der Waals surface area contributed by atoms with Gasteiger partial charge in [0.2, 0.25) is 0 Å². The molecule has 74 valence electrons. The van der Waals surface area contributed by atoms with Crippen molar-refractivity contribution in [3.8, 4) is 0 Å². The van der Waals surface area contributed by atoms with Crippen LogP contribution in [0, 0.1) is 5.92 Å². The van der Waals surface area contributed by atoms with E-state index in [1.54, 1.807) is 0 Å². The molecule has 0 aliphatic heterocycles. The van der Waals surface area contributed by atoms with Gasteiger partial charge < -0.3 is 11.1 Å². The molecule has 2 heteroatoms. The fraction of sp³-hybridized carbons (Fsp3) is 1.00. The lowest BCUT2D eigenvalue weighted by molar-refractivity contribution is 0.476. The number of nitrogens with one attached hydrogen (secondary N) is 1. The van der Waals surface area contributed by atoms with Crippen molar-refractivity contribution in [2.45, 2.75) is 46.1 Å². The van der Waals surface area contributed by atoms with Gasteiger partial charge in [-0.05, 0) is 45.2 Å². The van der Waals surface area contributed by atoms with Crippen LogP contribution < -0.4 is 11.1 Å². The van der Waals surface area contributed by atoms with Crippen molar-refractivity contribution in [2.24, 2.45) is 11.7 Å². The molecule has 0 heterocycles. The van der Waals surface area contributed by atoms with Gasteiger partial charge >= 0.3 is 0 Å². The zero-order chi connectivity index (χ0) is 9.40. The zero-order valence-electron chi connectivity index (χ0n) is 8.77. The van der Waals surface area contributed by atoms with Gasteiger partial charge in [0, 0.05) is 6.04 Å². The van der Waals surface area contributed by atoms with Crippen LogP contribution in [0.2, 0.25) is 0 Å². The molecule has 0 fully saturated rings. The maximum atomic E-state index is 5.44. The van der Waals surface area contributed by atoms with E-state index in [1.807, 2.05) is 0 Å². The second-order valence-electron chi connectivity index (χ2n) is 3.97. The second-order valence-corrected chi connectivity index (χ2v) is 3.97. The van der Waals surface area contributed by atoms with Gasteiger partial charge in [0.05, 0.1) is 0 Å². The molecular formula is C10H24N2. The van der Waals surface area contributed by atoms with E-state index in [4.69, 9.17) is 5.73 Å². The molecule has 0 rings (SSSR count). The van der Waals surface area contributed by atoms with Gasteiger partial charge in [-0.3, -0.25) is 0 Å². The molecule has 0 aromatic heterocycles. The van der Waals surface area contributed by atoms with E-state index in [2.05, 4.69) is 26.1 Å². The van der Waals surface area contributed by atoms with Gasteiger partial charge in [-0.2, -0.15) is 0 Å². The Morgan fingerprint density at radius 3 is 2.33 bits per heavy atom. The van der Waals surface area contributed by atoms with Crippen molar-refractivity contribution in [3.05, 3.63) is 0 Å². The van der Waals surface area contributed by atoms with Crippen LogP contribution >= 0.6 is 0 Å². The smallest absolute Gasteiger partial charge is 0.00507 e. The number of hydrogen-bond acceptors (Lipinski definition) is 2. The van der Waals surface area contributed by atoms with E-state index < -0.39 is 0 Å². The molecule has 0 aromatic rings. The Morgan fingerprint density at radius 2 is 1.83 bits per heavy atom. The average molecular weight is 172 g/mol. The molecule has 0 bridgehead atoms. The maximum Gasteiger partial charge on any atom is 0.00507 e. The fourth-order valence-electron chi connectivity index (χ4n) is 1.21. The molecule has 0 amide bonds. The molecule has 1 unspecified atom stereocenters. The van der Waals surface area contributed by atoms with Gasteiger partial charge in [-0.15, -0.1) is 0 Å². The Kier molecular flexibility index (Phi) is 7.51. The third-order valence-corrected chi connectivity index (χ3v) is 2.05. The minimum absolute atomic E-state index is 0.585.